The number of hydrogen-bond donors (Lipinski definition) is 0. The lowest BCUT2D eigenvalue weighted by atomic mass is 9.96. The fourth-order valence-corrected chi connectivity index (χ4v) is 1.59. The molecule has 6 nitrogen and oxygen atoms in total. The van der Waals surface area contributed by atoms with Gasteiger partial charge in [0.15, 0.2) is 0 Å². The highest BCUT2D eigenvalue weighted by Crippen LogP contribution is 2.27. The zero-order valence-corrected chi connectivity index (χ0v) is 9.24. The van der Waals surface area contributed by atoms with E-state index < -0.39 is 5.60 Å². The molecule has 0 spiro atoms. The standard InChI is InChI=1S/C10H13N5O/c1-10(2)9(13-14-11)5-8(6-16-10)15-4-3-12-7-15/h3-5,7,9H,6H2,1-2H3. The molecule has 0 saturated carbocycles. The topological polar surface area (TPSA) is 75.8 Å². The van der Waals surface area contributed by atoms with Gasteiger partial charge in [-0.3, -0.25) is 0 Å². The molecule has 84 valence electrons. The molecule has 0 N–H and O–H groups in total. The molecular formula is C10H13N5O. The Morgan fingerprint density at radius 2 is 2.50 bits per heavy atom. The highest BCUT2D eigenvalue weighted by Gasteiger charge is 2.32. The minimum Gasteiger partial charge on any atom is -0.369 e. The van der Waals surface area contributed by atoms with E-state index in [1.165, 1.54) is 0 Å². The zero-order chi connectivity index (χ0) is 11.6. The summed E-state index contributed by atoms with van der Waals surface area (Å²) in [6.45, 7) is 4.31. The number of hydrogen-bond acceptors (Lipinski definition) is 3. The van der Waals surface area contributed by atoms with Gasteiger partial charge in [-0.2, -0.15) is 0 Å². The summed E-state index contributed by atoms with van der Waals surface area (Å²) in [5.74, 6) is 0. The Kier molecular flexibility index (Phi) is 2.68. The van der Waals surface area contributed by atoms with Crippen molar-refractivity contribution in [3.63, 3.8) is 0 Å². The Morgan fingerprint density at radius 1 is 1.69 bits per heavy atom. The number of nitrogens with zero attached hydrogens (tertiary/aromatic N) is 5. The first kappa shape index (κ1) is 10.7. The summed E-state index contributed by atoms with van der Waals surface area (Å²) in [6.07, 6.45) is 7.15. The fourth-order valence-electron chi connectivity index (χ4n) is 1.59. The van der Waals surface area contributed by atoms with E-state index in [0.717, 1.165) is 5.70 Å². The molecule has 1 unspecified atom stereocenters. The molecule has 0 bridgehead atoms. The van der Waals surface area contributed by atoms with Gasteiger partial charge in [0, 0.05) is 23.0 Å². The molecule has 1 aromatic rings. The molecule has 1 aromatic heterocycles. The quantitative estimate of drug-likeness (QED) is 0.434. The van der Waals surface area contributed by atoms with Crippen molar-refractivity contribution >= 4 is 5.70 Å². The Balaban J connectivity index is 2.33. The summed E-state index contributed by atoms with van der Waals surface area (Å²) in [6, 6.07) is -0.302. The predicted molar refractivity (Wildman–Crippen MR) is 59.5 cm³/mol. The number of aromatic nitrogens is 2. The smallest absolute Gasteiger partial charge is 0.0989 e. The first-order chi connectivity index (χ1) is 7.63. The van der Waals surface area contributed by atoms with Gasteiger partial charge in [-0.15, -0.1) is 0 Å². The van der Waals surface area contributed by atoms with Crippen molar-refractivity contribution in [1.29, 1.82) is 0 Å². The molecule has 0 aliphatic carbocycles. The van der Waals surface area contributed by atoms with Gasteiger partial charge < -0.3 is 9.30 Å². The van der Waals surface area contributed by atoms with Crippen LogP contribution in [-0.4, -0.2) is 27.8 Å². The minimum absolute atomic E-state index is 0.302. The van der Waals surface area contributed by atoms with Crippen LogP contribution < -0.4 is 0 Å². The molecule has 2 heterocycles. The van der Waals surface area contributed by atoms with Crippen LogP contribution in [0.2, 0.25) is 0 Å². The molecule has 1 atom stereocenters. The van der Waals surface area contributed by atoms with Gasteiger partial charge in [-0.1, -0.05) is 11.2 Å². The Morgan fingerprint density at radius 3 is 3.12 bits per heavy atom. The van der Waals surface area contributed by atoms with E-state index in [2.05, 4.69) is 15.0 Å². The van der Waals surface area contributed by atoms with Gasteiger partial charge >= 0.3 is 0 Å². The highest BCUT2D eigenvalue weighted by molar-refractivity contribution is 5.49. The molecule has 1 aliphatic heterocycles. The Hall–Kier alpha value is -1.78. The first-order valence-electron chi connectivity index (χ1n) is 5.00. The van der Waals surface area contributed by atoms with Gasteiger partial charge in [0.25, 0.3) is 0 Å². The summed E-state index contributed by atoms with van der Waals surface area (Å²) < 4.78 is 7.54. The third kappa shape index (κ3) is 1.93. The lowest BCUT2D eigenvalue weighted by Gasteiger charge is -2.34. The molecule has 0 saturated heterocycles. The van der Waals surface area contributed by atoms with Crippen molar-refractivity contribution in [2.24, 2.45) is 5.11 Å². The molecule has 16 heavy (non-hydrogen) atoms. The average Bonchev–Trinajstić information content (AvgIpc) is 2.74. The number of rotatable bonds is 2. The van der Waals surface area contributed by atoms with Crippen LogP contribution in [0.4, 0.5) is 0 Å². The summed E-state index contributed by atoms with van der Waals surface area (Å²) in [4.78, 5) is 6.81. The van der Waals surface area contributed by atoms with Gasteiger partial charge in [0.05, 0.1) is 24.6 Å². The van der Waals surface area contributed by atoms with E-state index in [0.29, 0.717) is 6.61 Å². The van der Waals surface area contributed by atoms with Gasteiger partial charge in [-0.05, 0) is 19.4 Å². The maximum absolute atomic E-state index is 8.52. The number of azide groups is 1. The summed E-state index contributed by atoms with van der Waals surface area (Å²) in [7, 11) is 0. The van der Waals surface area contributed by atoms with Crippen LogP contribution in [0.5, 0.6) is 0 Å². The second kappa shape index (κ2) is 4.00. The Labute approximate surface area is 93.2 Å². The van der Waals surface area contributed by atoms with Crippen molar-refractivity contribution in [1.82, 2.24) is 9.55 Å². The predicted octanol–water partition coefficient (Wildman–Crippen LogP) is 2.21. The molecule has 1 aliphatic rings. The van der Waals surface area contributed by atoms with Crippen LogP contribution >= 0.6 is 0 Å². The molecule has 6 heteroatoms. The molecular weight excluding hydrogens is 206 g/mol. The number of imidazole rings is 1. The van der Waals surface area contributed by atoms with Crippen LogP contribution in [0.25, 0.3) is 16.1 Å². The minimum atomic E-state index is -0.462. The monoisotopic (exact) mass is 219 g/mol. The fraction of sp³-hybridized carbons (Fsp3) is 0.500. The average molecular weight is 219 g/mol. The normalized spacial score (nSPS) is 23.4. The molecule has 0 radical (unpaired) electrons. The first-order valence-corrected chi connectivity index (χ1v) is 5.00. The van der Waals surface area contributed by atoms with E-state index in [1.54, 1.807) is 12.5 Å². The maximum Gasteiger partial charge on any atom is 0.0989 e. The number of ether oxygens (including phenoxy) is 1. The van der Waals surface area contributed by atoms with Crippen molar-refractivity contribution in [2.75, 3.05) is 6.61 Å². The summed E-state index contributed by atoms with van der Waals surface area (Å²) in [5.41, 5.74) is 9.00. The Bertz CT molecular complexity index is 442. The molecule has 0 amide bonds. The lowest BCUT2D eigenvalue weighted by molar-refractivity contribution is -0.0159. The van der Waals surface area contributed by atoms with Crippen molar-refractivity contribution < 1.29 is 4.74 Å². The third-order valence-corrected chi connectivity index (χ3v) is 2.67. The van der Waals surface area contributed by atoms with Gasteiger partial charge in [0.2, 0.25) is 0 Å². The highest BCUT2D eigenvalue weighted by atomic mass is 16.5. The van der Waals surface area contributed by atoms with Crippen LogP contribution in [0.3, 0.4) is 0 Å². The molecule has 0 fully saturated rings. The van der Waals surface area contributed by atoms with E-state index >= 15 is 0 Å². The maximum atomic E-state index is 8.52. The summed E-state index contributed by atoms with van der Waals surface area (Å²) in [5, 5.41) is 3.74. The van der Waals surface area contributed by atoms with Gasteiger partial charge in [0.1, 0.15) is 0 Å². The van der Waals surface area contributed by atoms with Crippen LogP contribution in [0, 0.1) is 0 Å². The second-order valence-electron chi connectivity index (χ2n) is 4.17. The van der Waals surface area contributed by atoms with Crippen LogP contribution in [-0.2, 0) is 4.74 Å². The SMILES string of the molecule is CC1(C)OCC(n2ccnc2)=CC1N=[N+]=[N-]. The summed E-state index contributed by atoms with van der Waals surface area (Å²) >= 11 is 0. The molecule has 0 aromatic carbocycles. The van der Waals surface area contributed by atoms with Crippen LogP contribution in [0.15, 0.2) is 29.9 Å². The van der Waals surface area contributed by atoms with Crippen molar-refractivity contribution in [2.45, 2.75) is 25.5 Å². The van der Waals surface area contributed by atoms with E-state index in [9.17, 15) is 0 Å². The zero-order valence-electron chi connectivity index (χ0n) is 9.24. The van der Waals surface area contributed by atoms with E-state index in [-0.39, 0.29) is 6.04 Å². The third-order valence-electron chi connectivity index (χ3n) is 2.67. The van der Waals surface area contributed by atoms with Crippen molar-refractivity contribution in [3.8, 4) is 0 Å². The van der Waals surface area contributed by atoms with E-state index in [4.69, 9.17) is 10.3 Å². The lowest BCUT2D eigenvalue weighted by Crippen LogP contribution is -2.40. The van der Waals surface area contributed by atoms with Gasteiger partial charge in [-0.25, -0.2) is 4.98 Å². The van der Waals surface area contributed by atoms with Crippen LogP contribution in [0.1, 0.15) is 13.8 Å². The van der Waals surface area contributed by atoms with Crippen molar-refractivity contribution in [3.05, 3.63) is 35.2 Å². The largest absolute Gasteiger partial charge is 0.369 e. The second-order valence-corrected chi connectivity index (χ2v) is 4.17. The molecule has 2 rings (SSSR count). The van der Waals surface area contributed by atoms with E-state index in [1.807, 2.05) is 30.7 Å².